The number of carbonyl (C=O) groups excluding carboxylic acids is 2. The Hall–Kier alpha value is -2.64. The van der Waals surface area contributed by atoms with Gasteiger partial charge in [-0.25, -0.2) is 4.98 Å². The average Bonchev–Trinajstić information content (AvgIpc) is 3.09. The maximum Gasteiger partial charge on any atom is 0.289 e. The van der Waals surface area contributed by atoms with Gasteiger partial charge in [0.15, 0.2) is 0 Å². The van der Waals surface area contributed by atoms with E-state index in [1.807, 2.05) is 23.9 Å². The van der Waals surface area contributed by atoms with Crippen molar-refractivity contribution in [1.29, 1.82) is 0 Å². The number of carbonyl (C=O) groups is 2. The molecular formula is C16H20N6O2. The molecule has 4 rings (SSSR count). The van der Waals surface area contributed by atoms with E-state index in [0.29, 0.717) is 5.69 Å². The van der Waals surface area contributed by atoms with E-state index >= 15 is 0 Å². The van der Waals surface area contributed by atoms with Crippen LogP contribution in [0.15, 0.2) is 18.5 Å². The Morgan fingerprint density at radius 3 is 2.75 bits per heavy atom. The molecule has 126 valence electrons. The van der Waals surface area contributed by atoms with Gasteiger partial charge in [0.2, 0.25) is 0 Å². The van der Waals surface area contributed by atoms with E-state index in [2.05, 4.69) is 20.9 Å². The van der Waals surface area contributed by atoms with Gasteiger partial charge in [-0.3, -0.25) is 25.1 Å². The van der Waals surface area contributed by atoms with Gasteiger partial charge >= 0.3 is 0 Å². The van der Waals surface area contributed by atoms with E-state index in [9.17, 15) is 9.59 Å². The number of nitrogens with zero attached hydrogens (tertiary/aromatic N) is 4. The molecule has 0 saturated heterocycles. The summed E-state index contributed by atoms with van der Waals surface area (Å²) in [4.78, 5) is 29.1. The molecule has 2 amide bonds. The molecule has 8 heteroatoms. The number of fused-ring (bicyclic) bond motifs is 1. The maximum atomic E-state index is 12.5. The number of imidazole rings is 1. The third kappa shape index (κ3) is 2.47. The van der Waals surface area contributed by atoms with E-state index in [4.69, 9.17) is 0 Å². The van der Waals surface area contributed by atoms with Crippen molar-refractivity contribution in [2.24, 2.45) is 7.05 Å². The molecule has 0 spiro atoms. The number of hydrazine groups is 1. The van der Waals surface area contributed by atoms with Gasteiger partial charge in [-0.2, -0.15) is 5.10 Å². The fourth-order valence-electron chi connectivity index (χ4n) is 3.21. The molecule has 1 aliphatic carbocycles. The lowest BCUT2D eigenvalue weighted by atomic mass is 10.0. The van der Waals surface area contributed by atoms with Crippen molar-refractivity contribution in [1.82, 2.24) is 30.2 Å². The standard InChI is InChI=1S/C16H20N6O2/c1-21-9-5-12(20-21)16(6-7-16)15(24)19-18-14(23)11-10-22-8-3-2-4-13(22)17-11/h5,9-10H,2-4,6-8H2,1H3,(H,18,23)(H,19,24). The lowest BCUT2D eigenvalue weighted by Crippen LogP contribution is -2.46. The molecule has 8 nitrogen and oxygen atoms in total. The van der Waals surface area contributed by atoms with Gasteiger partial charge < -0.3 is 4.57 Å². The highest BCUT2D eigenvalue weighted by Gasteiger charge is 2.53. The van der Waals surface area contributed by atoms with E-state index < -0.39 is 5.41 Å². The smallest absolute Gasteiger partial charge is 0.289 e. The van der Waals surface area contributed by atoms with Crippen LogP contribution in [0, 0.1) is 0 Å². The summed E-state index contributed by atoms with van der Waals surface area (Å²) in [6, 6.07) is 1.85. The summed E-state index contributed by atoms with van der Waals surface area (Å²) in [6.45, 7) is 0.894. The largest absolute Gasteiger partial charge is 0.334 e. The van der Waals surface area contributed by atoms with Gasteiger partial charge in [0.25, 0.3) is 11.8 Å². The minimum Gasteiger partial charge on any atom is -0.334 e. The summed E-state index contributed by atoms with van der Waals surface area (Å²) in [5, 5.41) is 4.32. The van der Waals surface area contributed by atoms with Crippen LogP contribution in [0.5, 0.6) is 0 Å². The first-order chi connectivity index (χ1) is 11.6. The van der Waals surface area contributed by atoms with Crippen LogP contribution < -0.4 is 10.9 Å². The van der Waals surface area contributed by atoms with E-state index in [1.54, 1.807) is 10.9 Å². The molecular weight excluding hydrogens is 308 g/mol. The molecule has 2 aromatic heterocycles. The number of nitrogens with one attached hydrogen (secondary N) is 2. The first-order valence-corrected chi connectivity index (χ1v) is 8.25. The Morgan fingerprint density at radius 2 is 2.08 bits per heavy atom. The third-order valence-corrected chi connectivity index (χ3v) is 4.82. The topological polar surface area (TPSA) is 93.8 Å². The summed E-state index contributed by atoms with van der Waals surface area (Å²) >= 11 is 0. The summed E-state index contributed by atoms with van der Waals surface area (Å²) in [5.74, 6) is 0.325. The predicted molar refractivity (Wildman–Crippen MR) is 84.9 cm³/mol. The van der Waals surface area contributed by atoms with E-state index in [-0.39, 0.29) is 11.8 Å². The van der Waals surface area contributed by atoms with Crippen molar-refractivity contribution < 1.29 is 9.59 Å². The van der Waals surface area contributed by atoms with Crippen molar-refractivity contribution in [3.8, 4) is 0 Å². The van der Waals surface area contributed by atoms with Crippen LogP contribution in [-0.2, 0) is 30.2 Å². The van der Waals surface area contributed by atoms with Crippen LogP contribution >= 0.6 is 0 Å². The minimum absolute atomic E-state index is 0.224. The average molecular weight is 328 g/mol. The second-order valence-electron chi connectivity index (χ2n) is 6.56. The molecule has 2 aliphatic rings. The van der Waals surface area contributed by atoms with Gasteiger partial charge in [-0.15, -0.1) is 0 Å². The second kappa shape index (κ2) is 5.47. The number of aromatic nitrogens is 4. The Balaban J connectivity index is 1.40. The van der Waals surface area contributed by atoms with Gasteiger partial charge in [0.1, 0.15) is 11.5 Å². The zero-order valence-electron chi connectivity index (χ0n) is 13.6. The molecule has 0 aromatic carbocycles. The molecule has 0 atom stereocenters. The van der Waals surface area contributed by atoms with Crippen LogP contribution in [0.2, 0.25) is 0 Å². The van der Waals surface area contributed by atoms with Crippen LogP contribution in [0.25, 0.3) is 0 Å². The van der Waals surface area contributed by atoms with Gasteiger partial charge in [-0.1, -0.05) is 0 Å². The summed E-state index contributed by atoms with van der Waals surface area (Å²) < 4.78 is 3.69. The second-order valence-corrected chi connectivity index (χ2v) is 6.56. The van der Waals surface area contributed by atoms with Crippen LogP contribution in [0.1, 0.15) is 47.7 Å². The first-order valence-electron chi connectivity index (χ1n) is 8.25. The van der Waals surface area contributed by atoms with Crippen LogP contribution in [-0.4, -0.2) is 31.1 Å². The molecule has 24 heavy (non-hydrogen) atoms. The summed E-state index contributed by atoms with van der Waals surface area (Å²) in [7, 11) is 1.82. The van der Waals surface area contributed by atoms with Crippen LogP contribution in [0.4, 0.5) is 0 Å². The normalized spacial score (nSPS) is 17.9. The SMILES string of the molecule is Cn1ccc(C2(C(=O)NNC(=O)c3cn4c(n3)CCCC4)CC2)n1. The number of hydrogen-bond acceptors (Lipinski definition) is 4. The zero-order valence-corrected chi connectivity index (χ0v) is 13.6. The Labute approximate surface area is 139 Å². The molecule has 1 saturated carbocycles. The van der Waals surface area contributed by atoms with Crippen molar-refractivity contribution in [2.75, 3.05) is 0 Å². The Kier molecular flexibility index (Phi) is 3.40. The van der Waals surface area contributed by atoms with E-state index in [0.717, 1.165) is 50.2 Å². The maximum absolute atomic E-state index is 12.5. The molecule has 3 heterocycles. The van der Waals surface area contributed by atoms with Crippen molar-refractivity contribution >= 4 is 11.8 Å². The fraction of sp³-hybridized carbons (Fsp3) is 0.500. The third-order valence-electron chi connectivity index (χ3n) is 4.82. The molecule has 2 N–H and O–H groups in total. The molecule has 1 fully saturated rings. The Morgan fingerprint density at radius 1 is 1.25 bits per heavy atom. The predicted octanol–water partition coefficient (Wildman–Crippen LogP) is 0.446. The molecule has 1 aliphatic heterocycles. The first kappa shape index (κ1) is 14.9. The highest BCUT2D eigenvalue weighted by molar-refractivity contribution is 5.96. The quantitative estimate of drug-likeness (QED) is 0.800. The number of hydrogen-bond donors (Lipinski definition) is 2. The van der Waals surface area contributed by atoms with E-state index in [1.165, 1.54) is 0 Å². The number of aryl methyl sites for hydroxylation is 3. The van der Waals surface area contributed by atoms with Gasteiger partial charge in [0.05, 0.1) is 11.1 Å². The van der Waals surface area contributed by atoms with Crippen molar-refractivity contribution in [3.63, 3.8) is 0 Å². The fourth-order valence-corrected chi connectivity index (χ4v) is 3.21. The monoisotopic (exact) mass is 328 g/mol. The number of amides is 2. The zero-order chi connectivity index (χ0) is 16.7. The lowest BCUT2D eigenvalue weighted by Gasteiger charge is -2.13. The molecule has 0 bridgehead atoms. The highest BCUT2D eigenvalue weighted by Crippen LogP contribution is 2.47. The highest BCUT2D eigenvalue weighted by atomic mass is 16.2. The lowest BCUT2D eigenvalue weighted by molar-refractivity contribution is -0.124. The van der Waals surface area contributed by atoms with Crippen LogP contribution in [0.3, 0.4) is 0 Å². The molecule has 2 aromatic rings. The van der Waals surface area contributed by atoms with Crippen molar-refractivity contribution in [2.45, 2.75) is 44.1 Å². The van der Waals surface area contributed by atoms with Crippen molar-refractivity contribution in [3.05, 3.63) is 35.7 Å². The number of rotatable bonds is 3. The summed E-state index contributed by atoms with van der Waals surface area (Å²) in [6.07, 6.45) is 8.14. The summed E-state index contributed by atoms with van der Waals surface area (Å²) in [5.41, 5.74) is 5.49. The molecule has 0 unspecified atom stereocenters. The minimum atomic E-state index is -0.609. The van der Waals surface area contributed by atoms with Gasteiger partial charge in [-0.05, 0) is 31.7 Å². The molecule has 0 radical (unpaired) electrons. The Bertz CT molecular complexity index is 778. The van der Waals surface area contributed by atoms with Gasteiger partial charge in [0, 0.05) is 32.4 Å².